The maximum Gasteiger partial charge on any atom is 0.264 e. The van der Waals surface area contributed by atoms with Gasteiger partial charge >= 0.3 is 0 Å². The standard InChI is InChI=1S/C26H16Cl2N2O4S/c27-16-10-11-21-18(12-16)23(32)25(24(34-21)17-8-4-5-9-19(17)28)33-13-22(31)30-26-29-20(14-35-26)15-6-2-1-3-7-15/h1-12,14H,13H2,(H,29,30,31). The first kappa shape index (κ1) is 23.1. The van der Waals surface area contributed by atoms with E-state index in [1.807, 2.05) is 35.7 Å². The number of benzene rings is 3. The second-order valence-corrected chi connectivity index (χ2v) is 9.15. The molecule has 0 bridgehead atoms. The van der Waals surface area contributed by atoms with Crippen molar-refractivity contribution in [1.82, 2.24) is 4.98 Å². The molecular formula is C26H16Cl2N2O4S. The van der Waals surface area contributed by atoms with Gasteiger partial charge < -0.3 is 9.15 Å². The summed E-state index contributed by atoms with van der Waals surface area (Å²) in [4.78, 5) is 30.4. The SMILES string of the molecule is O=C(COc1c(-c2ccccc2Cl)oc2ccc(Cl)cc2c1=O)Nc1nc(-c2ccccc2)cs1. The van der Waals surface area contributed by atoms with E-state index in [9.17, 15) is 9.59 Å². The van der Waals surface area contributed by atoms with Gasteiger partial charge in [0.05, 0.1) is 16.1 Å². The number of carbonyl (C=O) groups excluding carboxylic acids is 1. The van der Waals surface area contributed by atoms with Crippen molar-refractivity contribution in [3.05, 3.63) is 98.4 Å². The first-order valence-corrected chi connectivity index (χ1v) is 12.1. The summed E-state index contributed by atoms with van der Waals surface area (Å²) >= 11 is 13.7. The Hall–Kier alpha value is -3.65. The van der Waals surface area contributed by atoms with E-state index in [4.69, 9.17) is 32.4 Å². The van der Waals surface area contributed by atoms with Crippen LogP contribution in [0.5, 0.6) is 5.75 Å². The molecule has 0 aliphatic heterocycles. The molecule has 3 aromatic carbocycles. The summed E-state index contributed by atoms with van der Waals surface area (Å²) in [6.07, 6.45) is 0. The third-order valence-corrected chi connectivity index (χ3v) is 6.42. The van der Waals surface area contributed by atoms with Crippen LogP contribution in [0, 0.1) is 0 Å². The van der Waals surface area contributed by atoms with Crippen molar-refractivity contribution in [2.45, 2.75) is 0 Å². The molecule has 9 heteroatoms. The molecule has 5 aromatic rings. The van der Waals surface area contributed by atoms with E-state index in [1.165, 1.54) is 17.4 Å². The van der Waals surface area contributed by atoms with Crippen LogP contribution in [0.3, 0.4) is 0 Å². The molecule has 0 saturated heterocycles. The van der Waals surface area contributed by atoms with Crippen LogP contribution in [0.1, 0.15) is 0 Å². The molecule has 35 heavy (non-hydrogen) atoms. The highest BCUT2D eigenvalue weighted by Crippen LogP contribution is 2.35. The second kappa shape index (κ2) is 9.92. The smallest absolute Gasteiger partial charge is 0.264 e. The molecule has 0 fully saturated rings. The number of rotatable bonds is 6. The average molecular weight is 523 g/mol. The van der Waals surface area contributed by atoms with E-state index in [-0.39, 0.29) is 16.9 Å². The summed E-state index contributed by atoms with van der Waals surface area (Å²) in [7, 11) is 0. The Kier molecular flexibility index (Phi) is 6.55. The third-order valence-electron chi connectivity index (χ3n) is 5.10. The van der Waals surface area contributed by atoms with Gasteiger partial charge in [0, 0.05) is 21.5 Å². The number of ether oxygens (including phenoxy) is 1. The van der Waals surface area contributed by atoms with Crippen LogP contribution >= 0.6 is 34.5 Å². The minimum absolute atomic E-state index is 0.129. The van der Waals surface area contributed by atoms with Gasteiger partial charge in [-0.05, 0) is 30.3 Å². The second-order valence-electron chi connectivity index (χ2n) is 7.45. The van der Waals surface area contributed by atoms with E-state index in [1.54, 1.807) is 36.4 Å². The lowest BCUT2D eigenvalue weighted by Gasteiger charge is -2.12. The first-order valence-electron chi connectivity index (χ1n) is 10.4. The molecular weight excluding hydrogens is 507 g/mol. The van der Waals surface area contributed by atoms with Gasteiger partial charge in [0.1, 0.15) is 5.58 Å². The van der Waals surface area contributed by atoms with Crippen LogP contribution in [0.15, 0.2) is 87.4 Å². The normalized spacial score (nSPS) is 10.9. The third kappa shape index (κ3) is 4.93. The van der Waals surface area contributed by atoms with E-state index >= 15 is 0 Å². The topological polar surface area (TPSA) is 81.4 Å². The van der Waals surface area contributed by atoms with Crippen LogP contribution in [0.25, 0.3) is 33.6 Å². The summed E-state index contributed by atoms with van der Waals surface area (Å²) in [6.45, 7) is -0.436. The highest BCUT2D eigenvalue weighted by atomic mass is 35.5. The van der Waals surface area contributed by atoms with E-state index in [0.717, 1.165) is 11.3 Å². The van der Waals surface area contributed by atoms with Gasteiger partial charge in [-0.1, -0.05) is 65.7 Å². The van der Waals surface area contributed by atoms with Crippen molar-refractivity contribution in [2.75, 3.05) is 11.9 Å². The lowest BCUT2D eigenvalue weighted by atomic mass is 10.1. The fraction of sp³-hybridized carbons (Fsp3) is 0.0385. The maximum absolute atomic E-state index is 13.3. The number of thiazole rings is 1. The Bertz CT molecular complexity index is 1600. The molecule has 0 saturated carbocycles. The van der Waals surface area contributed by atoms with Gasteiger partial charge in [0.2, 0.25) is 11.2 Å². The number of carbonyl (C=O) groups is 1. The number of aromatic nitrogens is 1. The summed E-state index contributed by atoms with van der Waals surface area (Å²) in [5.74, 6) is -0.481. The molecule has 0 spiro atoms. The van der Waals surface area contributed by atoms with Crippen molar-refractivity contribution < 1.29 is 13.9 Å². The summed E-state index contributed by atoms with van der Waals surface area (Å²) in [5, 5.41) is 5.94. The van der Waals surface area contributed by atoms with Crippen LogP contribution in [-0.4, -0.2) is 17.5 Å². The van der Waals surface area contributed by atoms with Crippen LogP contribution in [0.4, 0.5) is 5.13 Å². The predicted octanol–water partition coefficient (Wildman–Crippen LogP) is 6.91. The Morgan fingerprint density at radius 2 is 1.80 bits per heavy atom. The summed E-state index contributed by atoms with van der Waals surface area (Å²) < 4.78 is 11.7. The molecule has 0 radical (unpaired) electrons. The molecule has 6 nitrogen and oxygen atoms in total. The lowest BCUT2D eigenvalue weighted by Crippen LogP contribution is -2.22. The van der Waals surface area contributed by atoms with E-state index in [0.29, 0.717) is 26.3 Å². The van der Waals surface area contributed by atoms with Gasteiger partial charge in [-0.25, -0.2) is 4.98 Å². The number of hydrogen-bond donors (Lipinski definition) is 1. The Morgan fingerprint density at radius 3 is 2.60 bits per heavy atom. The monoisotopic (exact) mass is 522 g/mol. The number of hydrogen-bond acceptors (Lipinski definition) is 6. The number of halogens is 2. The Balaban J connectivity index is 1.42. The van der Waals surface area contributed by atoms with E-state index < -0.39 is 17.9 Å². The molecule has 0 aliphatic rings. The highest BCUT2D eigenvalue weighted by Gasteiger charge is 2.21. The molecule has 0 atom stereocenters. The van der Waals surface area contributed by atoms with Crippen molar-refractivity contribution in [3.8, 4) is 28.3 Å². The maximum atomic E-state index is 13.3. The zero-order valence-electron chi connectivity index (χ0n) is 18.0. The zero-order valence-corrected chi connectivity index (χ0v) is 20.3. The minimum Gasteiger partial charge on any atom is -0.476 e. The largest absolute Gasteiger partial charge is 0.476 e. The molecule has 1 N–H and O–H groups in total. The van der Waals surface area contributed by atoms with Gasteiger partial charge in [0.25, 0.3) is 5.91 Å². The van der Waals surface area contributed by atoms with Crippen molar-refractivity contribution in [2.24, 2.45) is 0 Å². The Morgan fingerprint density at radius 1 is 1.03 bits per heavy atom. The zero-order chi connectivity index (χ0) is 24.4. The fourth-order valence-electron chi connectivity index (χ4n) is 3.47. The number of nitrogens with one attached hydrogen (secondary N) is 1. The van der Waals surface area contributed by atoms with Crippen LogP contribution < -0.4 is 15.5 Å². The predicted molar refractivity (Wildman–Crippen MR) is 140 cm³/mol. The summed E-state index contributed by atoms with van der Waals surface area (Å²) in [6, 6.07) is 21.2. The van der Waals surface area contributed by atoms with Crippen LogP contribution in [0.2, 0.25) is 10.0 Å². The molecule has 2 aromatic heterocycles. The van der Waals surface area contributed by atoms with Gasteiger partial charge in [-0.2, -0.15) is 0 Å². The van der Waals surface area contributed by atoms with Gasteiger partial charge in [0.15, 0.2) is 17.5 Å². The minimum atomic E-state index is -0.477. The van der Waals surface area contributed by atoms with Crippen LogP contribution in [-0.2, 0) is 4.79 Å². The number of anilines is 1. The number of fused-ring (bicyclic) bond motifs is 1. The van der Waals surface area contributed by atoms with Crippen molar-refractivity contribution in [1.29, 1.82) is 0 Å². The molecule has 2 heterocycles. The number of nitrogens with zero attached hydrogens (tertiary/aromatic N) is 1. The molecule has 1 amide bonds. The molecule has 0 aliphatic carbocycles. The lowest BCUT2D eigenvalue weighted by molar-refractivity contribution is -0.118. The van der Waals surface area contributed by atoms with Crippen molar-refractivity contribution in [3.63, 3.8) is 0 Å². The molecule has 5 rings (SSSR count). The number of amides is 1. The van der Waals surface area contributed by atoms with E-state index in [2.05, 4.69) is 10.3 Å². The van der Waals surface area contributed by atoms with Gasteiger partial charge in [-0.3, -0.25) is 14.9 Å². The quantitative estimate of drug-likeness (QED) is 0.262. The summed E-state index contributed by atoms with van der Waals surface area (Å²) in [5.41, 5.74) is 2.02. The Labute approximate surface area is 213 Å². The fourth-order valence-corrected chi connectivity index (χ4v) is 4.60. The average Bonchev–Trinajstić information content (AvgIpc) is 3.33. The molecule has 0 unspecified atom stereocenters. The first-order chi connectivity index (χ1) is 17.0. The highest BCUT2D eigenvalue weighted by molar-refractivity contribution is 7.14. The van der Waals surface area contributed by atoms with Gasteiger partial charge in [-0.15, -0.1) is 11.3 Å². The molecule has 174 valence electrons. The van der Waals surface area contributed by atoms with Crippen molar-refractivity contribution >= 4 is 56.5 Å².